The van der Waals surface area contributed by atoms with E-state index in [4.69, 9.17) is 10.8 Å². The van der Waals surface area contributed by atoms with Gasteiger partial charge in [0.2, 0.25) is 0 Å². The van der Waals surface area contributed by atoms with E-state index in [-0.39, 0.29) is 12.2 Å². The van der Waals surface area contributed by atoms with Crippen molar-refractivity contribution in [2.75, 3.05) is 0 Å². The summed E-state index contributed by atoms with van der Waals surface area (Å²) in [6, 6.07) is 4.18. The quantitative estimate of drug-likeness (QED) is 0.771. The molecule has 0 radical (unpaired) electrons. The first kappa shape index (κ1) is 11.0. The number of rotatable bonds is 3. The van der Waals surface area contributed by atoms with Gasteiger partial charge >= 0.3 is 5.97 Å². The maximum absolute atomic E-state index is 10.4. The summed E-state index contributed by atoms with van der Waals surface area (Å²) in [5, 5.41) is 17.9. The number of carboxylic acids is 1. The third-order valence-corrected chi connectivity index (χ3v) is 2.67. The average Bonchev–Trinajstić information content (AvgIpc) is 2.08. The van der Waals surface area contributed by atoms with Crippen LogP contribution < -0.4 is 5.73 Å². The molecule has 1 atom stereocenters. The molecular weight excluding hydrogens is 250 g/mol. The fraction of sp³-hybridized carbons (Fsp3) is 0.222. The first-order valence-corrected chi connectivity index (χ1v) is 4.76. The highest BCUT2D eigenvalue weighted by atomic mass is 79.9. The number of phenols is 1. The topological polar surface area (TPSA) is 83.6 Å². The highest BCUT2D eigenvalue weighted by Gasteiger charge is 2.14. The summed E-state index contributed by atoms with van der Waals surface area (Å²) in [5.41, 5.74) is 6.23. The Hall–Kier alpha value is -1.07. The molecule has 0 aliphatic carbocycles. The van der Waals surface area contributed by atoms with Crippen molar-refractivity contribution in [1.82, 2.24) is 0 Å². The first-order chi connectivity index (χ1) is 6.52. The summed E-state index contributed by atoms with van der Waals surface area (Å²) < 4.78 is 0.453. The van der Waals surface area contributed by atoms with E-state index in [9.17, 15) is 9.90 Å². The Morgan fingerprint density at radius 2 is 2.21 bits per heavy atom. The van der Waals surface area contributed by atoms with Crippen LogP contribution in [-0.2, 0) is 4.79 Å². The van der Waals surface area contributed by atoms with Crippen molar-refractivity contribution >= 4 is 21.9 Å². The average molecular weight is 260 g/mol. The molecule has 0 bridgehead atoms. The van der Waals surface area contributed by atoms with Crippen molar-refractivity contribution < 1.29 is 15.0 Å². The highest BCUT2D eigenvalue weighted by molar-refractivity contribution is 9.10. The van der Waals surface area contributed by atoms with Crippen molar-refractivity contribution in [1.29, 1.82) is 0 Å². The molecule has 4 nitrogen and oxygen atoms in total. The van der Waals surface area contributed by atoms with Crippen LogP contribution in [0.2, 0.25) is 0 Å². The molecule has 1 aromatic rings. The van der Waals surface area contributed by atoms with Crippen LogP contribution in [0.1, 0.15) is 18.0 Å². The van der Waals surface area contributed by atoms with E-state index in [2.05, 4.69) is 15.9 Å². The van der Waals surface area contributed by atoms with Crippen LogP contribution in [-0.4, -0.2) is 16.2 Å². The van der Waals surface area contributed by atoms with Gasteiger partial charge in [0.05, 0.1) is 10.9 Å². The lowest BCUT2D eigenvalue weighted by atomic mass is 10.0. The Bertz CT molecular complexity index is 354. The predicted octanol–water partition coefficient (Wildman–Crippen LogP) is 1.63. The summed E-state index contributed by atoms with van der Waals surface area (Å²) in [6.07, 6.45) is -0.165. The molecule has 4 N–H and O–H groups in total. The number of hydrogen-bond donors (Lipinski definition) is 3. The number of carbonyl (C=O) groups is 1. The van der Waals surface area contributed by atoms with Crippen LogP contribution in [0.15, 0.2) is 22.7 Å². The van der Waals surface area contributed by atoms with Crippen LogP contribution in [0.25, 0.3) is 0 Å². The normalized spacial score (nSPS) is 12.4. The molecule has 0 saturated carbocycles. The number of hydrogen-bond acceptors (Lipinski definition) is 3. The fourth-order valence-electron chi connectivity index (χ4n) is 1.12. The second kappa shape index (κ2) is 4.43. The Morgan fingerprint density at radius 3 is 2.79 bits per heavy atom. The Balaban J connectivity index is 2.95. The number of aliphatic carboxylic acids is 1. The molecule has 1 unspecified atom stereocenters. The molecule has 5 heteroatoms. The van der Waals surface area contributed by atoms with Gasteiger partial charge in [-0.1, -0.05) is 12.1 Å². The van der Waals surface area contributed by atoms with E-state index in [1.165, 1.54) is 6.07 Å². The van der Waals surface area contributed by atoms with E-state index in [1.54, 1.807) is 12.1 Å². The maximum atomic E-state index is 10.4. The third kappa shape index (κ3) is 2.46. The minimum Gasteiger partial charge on any atom is -0.507 e. The zero-order chi connectivity index (χ0) is 10.7. The summed E-state index contributed by atoms with van der Waals surface area (Å²) in [4.78, 5) is 10.4. The molecular formula is C9H10BrNO3. The van der Waals surface area contributed by atoms with Gasteiger partial charge in [-0.25, -0.2) is 0 Å². The largest absolute Gasteiger partial charge is 0.507 e. The molecule has 14 heavy (non-hydrogen) atoms. The molecule has 0 heterocycles. The van der Waals surface area contributed by atoms with E-state index in [0.29, 0.717) is 10.0 Å². The molecule has 1 aromatic carbocycles. The van der Waals surface area contributed by atoms with Crippen molar-refractivity contribution in [2.24, 2.45) is 5.73 Å². The molecule has 0 saturated heterocycles. The summed E-state index contributed by atoms with van der Waals surface area (Å²) in [5.74, 6) is -0.906. The SMILES string of the molecule is NC(CC(=O)O)c1cccc(O)c1Br. The standard InChI is InChI=1S/C9H10BrNO3/c10-9-5(2-1-3-7(9)12)6(11)4-8(13)14/h1-3,6,12H,4,11H2,(H,13,14). The van der Waals surface area contributed by atoms with E-state index in [0.717, 1.165) is 0 Å². The smallest absolute Gasteiger partial charge is 0.305 e. The first-order valence-electron chi connectivity index (χ1n) is 3.97. The Kier molecular flexibility index (Phi) is 3.49. The number of carboxylic acid groups (broad SMARTS) is 1. The highest BCUT2D eigenvalue weighted by Crippen LogP contribution is 2.31. The number of benzene rings is 1. The third-order valence-electron chi connectivity index (χ3n) is 1.80. The fourth-order valence-corrected chi connectivity index (χ4v) is 1.68. The van der Waals surface area contributed by atoms with Gasteiger partial charge in [0.15, 0.2) is 0 Å². The van der Waals surface area contributed by atoms with Gasteiger partial charge in [-0.15, -0.1) is 0 Å². The number of aromatic hydroxyl groups is 1. The Labute approximate surface area is 89.5 Å². The number of halogens is 1. The Morgan fingerprint density at radius 1 is 1.57 bits per heavy atom. The summed E-state index contributed by atoms with van der Waals surface area (Å²) in [6.45, 7) is 0. The molecule has 76 valence electrons. The molecule has 0 amide bonds. The molecule has 0 aromatic heterocycles. The molecule has 1 rings (SSSR count). The van der Waals surface area contributed by atoms with E-state index < -0.39 is 12.0 Å². The van der Waals surface area contributed by atoms with Crippen molar-refractivity contribution in [3.05, 3.63) is 28.2 Å². The van der Waals surface area contributed by atoms with E-state index in [1.807, 2.05) is 0 Å². The summed E-state index contributed by atoms with van der Waals surface area (Å²) in [7, 11) is 0. The second-order valence-corrected chi connectivity index (χ2v) is 3.68. The van der Waals surface area contributed by atoms with E-state index >= 15 is 0 Å². The second-order valence-electron chi connectivity index (χ2n) is 2.88. The van der Waals surface area contributed by atoms with Crippen molar-refractivity contribution in [3.63, 3.8) is 0 Å². The number of nitrogens with two attached hydrogens (primary N) is 1. The number of phenolic OH excluding ortho intramolecular Hbond substituents is 1. The van der Waals surface area contributed by atoms with Gasteiger partial charge in [-0.2, -0.15) is 0 Å². The van der Waals surface area contributed by atoms with Crippen LogP contribution >= 0.6 is 15.9 Å². The minimum atomic E-state index is -0.965. The molecule has 0 fully saturated rings. The van der Waals surface area contributed by atoms with Gasteiger partial charge in [0, 0.05) is 6.04 Å². The zero-order valence-electron chi connectivity index (χ0n) is 7.27. The van der Waals surface area contributed by atoms with Gasteiger partial charge < -0.3 is 15.9 Å². The van der Waals surface area contributed by atoms with Crippen LogP contribution in [0.3, 0.4) is 0 Å². The van der Waals surface area contributed by atoms with Gasteiger partial charge in [-0.3, -0.25) is 4.79 Å². The molecule has 0 spiro atoms. The van der Waals surface area contributed by atoms with Crippen molar-refractivity contribution in [3.8, 4) is 5.75 Å². The maximum Gasteiger partial charge on any atom is 0.305 e. The van der Waals surface area contributed by atoms with Crippen LogP contribution in [0.5, 0.6) is 5.75 Å². The van der Waals surface area contributed by atoms with Gasteiger partial charge in [0.25, 0.3) is 0 Å². The lowest BCUT2D eigenvalue weighted by Gasteiger charge is -2.11. The van der Waals surface area contributed by atoms with Crippen molar-refractivity contribution in [2.45, 2.75) is 12.5 Å². The van der Waals surface area contributed by atoms with Gasteiger partial charge in [-0.05, 0) is 27.6 Å². The predicted molar refractivity (Wildman–Crippen MR) is 55.0 cm³/mol. The monoisotopic (exact) mass is 259 g/mol. The van der Waals surface area contributed by atoms with Gasteiger partial charge in [0.1, 0.15) is 5.75 Å². The minimum absolute atomic E-state index is 0.0586. The van der Waals surface area contributed by atoms with Crippen LogP contribution in [0, 0.1) is 0 Å². The lowest BCUT2D eigenvalue weighted by Crippen LogP contribution is -2.15. The summed E-state index contributed by atoms with van der Waals surface area (Å²) >= 11 is 3.15. The zero-order valence-corrected chi connectivity index (χ0v) is 8.86. The lowest BCUT2D eigenvalue weighted by molar-refractivity contribution is -0.137. The molecule has 0 aliphatic heterocycles. The van der Waals surface area contributed by atoms with Crippen LogP contribution in [0.4, 0.5) is 0 Å². The molecule has 0 aliphatic rings.